The van der Waals surface area contributed by atoms with Crippen LogP contribution in [0, 0.1) is 0 Å². The van der Waals surface area contributed by atoms with Crippen molar-refractivity contribution >= 4 is 17.5 Å². The zero-order chi connectivity index (χ0) is 19.0. The van der Waals surface area contributed by atoms with Crippen molar-refractivity contribution in [1.82, 2.24) is 29.4 Å². The maximum absolute atomic E-state index is 12.7. The smallest absolute Gasteiger partial charge is 0.258 e. The van der Waals surface area contributed by atoms with Crippen LogP contribution in [0.15, 0.2) is 43.0 Å². The Kier molecular flexibility index (Phi) is 4.31. The molecule has 0 bridgehead atoms. The number of pyridine rings is 1. The van der Waals surface area contributed by atoms with Crippen molar-refractivity contribution in [3.8, 4) is 0 Å². The fraction of sp³-hybridized carbons (Fsp3) is 0.316. The highest BCUT2D eigenvalue weighted by Crippen LogP contribution is 2.28. The van der Waals surface area contributed by atoms with Crippen molar-refractivity contribution in [3.63, 3.8) is 0 Å². The summed E-state index contributed by atoms with van der Waals surface area (Å²) in [7, 11) is 3.41. The minimum absolute atomic E-state index is 0.00846. The third-order valence-electron chi connectivity index (χ3n) is 4.89. The average Bonchev–Trinajstić information content (AvgIpc) is 3.34. The van der Waals surface area contributed by atoms with E-state index >= 15 is 0 Å². The first-order chi connectivity index (χ1) is 13.1. The first kappa shape index (κ1) is 17.1. The summed E-state index contributed by atoms with van der Waals surface area (Å²) in [5.41, 5.74) is 2.63. The number of amides is 2. The molecule has 1 saturated heterocycles. The van der Waals surface area contributed by atoms with Crippen molar-refractivity contribution in [1.29, 1.82) is 0 Å². The van der Waals surface area contributed by atoms with Crippen LogP contribution in [0.5, 0.6) is 0 Å². The Morgan fingerprint density at radius 2 is 1.93 bits per heavy atom. The highest BCUT2D eigenvalue weighted by atomic mass is 16.2. The zero-order valence-corrected chi connectivity index (χ0v) is 15.2. The quantitative estimate of drug-likeness (QED) is 0.702. The van der Waals surface area contributed by atoms with E-state index in [0.29, 0.717) is 29.9 Å². The van der Waals surface area contributed by atoms with Crippen molar-refractivity contribution in [2.45, 2.75) is 12.3 Å². The Balaban J connectivity index is 1.61. The van der Waals surface area contributed by atoms with Gasteiger partial charge in [0.15, 0.2) is 5.65 Å². The molecule has 0 spiro atoms. The van der Waals surface area contributed by atoms with E-state index in [9.17, 15) is 9.59 Å². The molecule has 0 unspecified atom stereocenters. The second-order valence-electron chi connectivity index (χ2n) is 6.84. The molecular weight excluding hydrogens is 344 g/mol. The lowest BCUT2D eigenvalue weighted by molar-refractivity contribution is 0.0789. The van der Waals surface area contributed by atoms with Gasteiger partial charge in [-0.15, -0.1) is 0 Å². The number of likely N-dealkylation sites (tertiary alicyclic amines) is 1. The molecule has 1 aliphatic rings. The van der Waals surface area contributed by atoms with Crippen molar-refractivity contribution in [3.05, 3.63) is 59.8 Å². The molecule has 4 rings (SSSR count). The van der Waals surface area contributed by atoms with Crippen LogP contribution in [0.3, 0.4) is 0 Å². The van der Waals surface area contributed by atoms with Crippen LogP contribution >= 0.6 is 0 Å². The Morgan fingerprint density at radius 3 is 2.67 bits per heavy atom. The predicted molar refractivity (Wildman–Crippen MR) is 98.5 cm³/mol. The summed E-state index contributed by atoms with van der Waals surface area (Å²) in [5, 5.41) is 4.39. The molecule has 4 heterocycles. The topological polar surface area (TPSA) is 83.7 Å². The summed E-state index contributed by atoms with van der Waals surface area (Å²) in [6.45, 7) is 1.29. The predicted octanol–water partition coefficient (Wildman–Crippen LogP) is 1.46. The molecule has 0 aliphatic carbocycles. The molecule has 0 N–H and O–H groups in total. The average molecular weight is 364 g/mol. The van der Waals surface area contributed by atoms with Crippen LogP contribution in [0.2, 0.25) is 0 Å². The third-order valence-corrected chi connectivity index (χ3v) is 4.89. The van der Waals surface area contributed by atoms with Gasteiger partial charge in [0.25, 0.3) is 11.8 Å². The molecule has 27 heavy (non-hydrogen) atoms. The van der Waals surface area contributed by atoms with Gasteiger partial charge in [-0.3, -0.25) is 14.6 Å². The van der Waals surface area contributed by atoms with E-state index in [2.05, 4.69) is 15.1 Å². The summed E-state index contributed by atoms with van der Waals surface area (Å²) < 4.78 is 1.72. The summed E-state index contributed by atoms with van der Waals surface area (Å²) in [5.74, 6) is 0.0215. The fourth-order valence-electron chi connectivity index (χ4n) is 3.47. The molecule has 0 aromatic carbocycles. The van der Waals surface area contributed by atoms with E-state index < -0.39 is 0 Å². The van der Waals surface area contributed by atoms with Crippen LogP contribution in [0.25, 0.3) is 5.65 Å². The van der Waals surface area contributed by atoms with Gasteiger partial charge >= 0.3 is 0 Å². The number of carbonyl (C=O) groups excluding carboxylic acids is 2. The Labute approximate surface area is 156 Å². The highest BCUT2D eigenvalue weighted by molar-refractivity contribution is 5.99. The Hall–Kier alpha value is -3.29. The zero-order valence-electron chi connectivity index (χ0n) is 15.2. The number of hydrogen-bond donors (Lipinski definition) is 0. The molecule has 138 valence electrons. The maximum atomic E-state index is 12.7. The second-order valence-corrected chi connectivity index (χ2v) is 6.84. The Morgan fingerprint density at radius 1 is 1.15 bits per heavy atom. The van der Waals surface area contributed by atoms with Gasteiger partial charge in [-0.05, 0) is 24.6 Å². The van der Waals surface area contributed by atoms with Gasteiger partial charge in [0, 0.05) is 57.3 Å². The summed E-state index contributed by atoms with van der Waals surface area (Å²) in [6.07, 6.45) is 7.35. The van der Waals surface area contributed by atoms with Crippen LogP contribution in [0.4, 0.5) is 0 Å². The molecule has 3 aromatic heterocycles. The van der Waals surface area contributed by atoms with Gasteiger partial charge < -0.3 is 9.80 Å². The van der Waals surface area contributed by atoms with Gasteiger partial charge in [0.05, 0.1) is 11.9 Å². The standard InChI is InChI=1S/C19H20N6O2/c1-23(2)19(27)15-11-22-25-16(5-9-21-17(15)25)14-6-10-24(12-14)18(26)13-3-7-20-8-4-13/h3-5,7-9,11,14H,6,10,12H2,1-2H3/t14-/m0/s1. The second kappa shape index (κ2) is 6.79. The van der Waals surface area contributed by atoms with Gasteiger partial charge in [-0.25, -0.2) is 9.50 Å². The van der Waals surface area contributed by atoms with Gasteiger partial charge in [0.2, 0.25) is 0 Å². The number of carbonyl (C=O) groups is 2. The van der Waals surface area contributed by atoms with Crippen LogP contribution in [-0.2, 0) is 0 Å². The molecule has 1 aliphatic heterocycles. The van der Waals surface area contributed by atoms with Crippen molar-refractivity contribution < 1.29 is 9.59 Å². The number of nitrogens with zero attached hydrogens (tertiary/aromatic N) is 6. The largest absolute Gasteiger partial charge is 0.345 e. The number of fused-ring (bicyclic) bond motifs is 1. The van der Waals surface area contributed by atoms with Gasteiger partial charge in [-0.1, -0.05) is 0 Å². The van der Waals surface area contributed by atoms with Crippen molar-refractivity contribution in [2.24, 2.45) is 0 Å². The van der Waals surface area contributed by atoms with Crippen molar-refractivity contribution in [2.75, 3.05) is 27.2 Å². The van der Waals surface area contributed by atoms with Crippen LogP contribution in [-0.4, -0.2) is 68.4 Å². The molecular formula is C19H20N6O2. The molecule has 0 radical (unpaired) electrons. The summed E-state index contributed by atoms with van der Waals surface area (Å²) in [6, 6.07) is 5.37. The molecule has 0 saturated carbocycles. The molecule has 2 amide bonds. The highest BCUT2D eigenvalue weighted by Gasteiger charge is 2.30. The van der Waals surface area contributed by atoms with E-state index in [1.165, 1.54) is 4.90 Å². The maximum Gasteiger partial charge on any atom is 0.258 e. The minimum atomic E-state index is -0.129. The van der Waals surface area contributed by atoms with Crippen LogP contribution in [0.1, 0.15) is 38.7 Å². The molecule has 1 atom stereocenters. The number of hydrogen-bond acceptors (Lipinski definition) is 5. The first-order valence-electron chi connectivity index (χ1n) is 8.80. The van der Waals surface area contributed by atoms with E-state index in [-0.39, 0.29) is 17.7 Å². The number of rotatable bonds is 3. The normalized spacial score (nSPS) is 16.7. The van der Waals surface area contributed by atoms with Crippen LogP contribution < -0.4 is 0 Å². The lowest BCUT2D eigenvalue weighted by atomic mass is 10.0. The molecule has 8 nitrogen and oxygen atoms in total. The minimum Gasteiger partial charge on any atom is -0.345 e. The summed E-state index contributed by atoms with van der Waals surface area (Å²) >= 11 is 0. The SMILES string of the molecule is CN(C)C(=O)c1cnn2c([C@H]3CCN(C(=O)c4ccncc4)C3)ccnc12. The first-order valence-corrected chi connectivity index (χ1v) is 8.80. The lowest BCUT2D eigenvalue weighted by Gasteiger charge is -2.17. The van der Waals surface area contributed by atoms with E-state index in [1.54, 1.807) is 55.5 Å². The van der Waals surface area contributed by atoms with E-state index in [0.717, 1.165) is 12.1 Å². The Bertz CT molecular complexity index is 998. The molecule has 1 fully saturated rings. The molecule has 3 aromatic rings. The monoisotopic (exact) mass is 364 g/mol. The van der Waals surface area contributed by atoms with Gasteiger partial charge in [-0.2, -0.15) is 5.10 Å². The molecule has 8 heteroatoms. The number of aromatic nitrogens is 4. The van der Waals surface area contributed by atoms with Gasteiger partial charge in [0.1, 0.15) is 5.56 Å². The van der Waals surface area contributed by atoms with E-state index in [4.69, 9.17) is 0 Å². The summed E-state index contributed by atoms with van der Waals surface area (Å²) in [4.78, 5) is 36.7. The van der Waals surface area contributed by atoms with E-state index in [1.807, 2.05) is 11.0 Å². The fourth-order valence-corrected chi connectivity index (χ4v) is 3.47. The lowest BCUT2D eigenvalue weighted by Crippen LogP contribution is -2.28. The third kappa shape index (κ3) is 3.03.